The molecule has 2 aliphatic rings. The number of rotatable bonds is 4. The summed E-state index contributed by atoms with van der Waals surface area (Å²) >= 11 is 0. The van der Waals surface area contributed by atoms with E-state index in [1.54, 1.807) is 7.11 Å². The zero-order valence-electron chi connectivity index (χ0n) is 17.1. The number of anilines is 1. The zero-order valence-corrected chi connectivity index (χ0v) is 17.9. The summed E-state index contributed by atoms with van der Waals surface area (Å²) in [6.45, 7) is 14.1. The standard InChI is InChI=1S/C21H31N3O2.ClH/c1-6-22-9-11-23(12-10-22)15-20(25)24-19-8-7-17(26-5)13-18(19)16(2)14-21(24,3)4;/h7-8,13-14H,6,9-12,15H2,1-5H3;1H. The number of piperazine rings is 1. The maximum Gasteiger partial charge on any atom is 0.241 e. The Balaban J connectivity index is 0.00000261. The molecule has 27 heavy (non-hydrogen) atoms. The number of halogens is 1. The number of carbonyl (C=O) groups is 1. The van der Waals surface area contributed by atoms with Gasteiger partial charge in [0, 0.05) is 31.7 Å². The summed E-state index contributed by atoms with van der Waals surface area (Å²) in [4.78, 5) is 19.9. The number of fused-ring (bicyclic) bond motifs is 1. The maximum absolute atomic E-state index is 13.3. The molecule has 1 fully saturated rings. The summed E-state index contributed by atoms with van der Waals surface area (Å²) in [5, 5.41) is 0. The molecule has 0 spiro atoms. The summed E-state index contributed by atoms with van der Waals surface area (Å²) < 4.78 is 5.37. The van der Waals surface area contributed by atoms with Gasteiger partial charge in [0.2, 0.25) is 5.91 Å². The van der Waals surface area contributed by atoms with Crippen molar-refractivity contribution in [1.82, 2.24) is 9.80 Å². The Bertz CT molecular complexity index is 709. The lowest BCUT2D eigenvalue weighted by Crippen LogP contribution is -2.55. The van der Waals surface area contributed by atoms with Gasteiger partial charge in [-0.2, -0.15) is 0 Å². The van der Waals surface area contributed by atoms with Crippen molar-refractivity contribution < 1.29 is 9.53 Å². The molecule has 0 aliphatic carbocycles. The molecule has 1 saturated heterocycles. The smallest absolute Gasteiger partial charge is 0.241 e. The van der Waals surface area contributed by atoms with Crippen molar-refractivity contribution in [3.05, 3.63) is 29.8 Å². The topological polar surface area (TPSA) is 36.0 Å². The van der Waals surface area contributed by atoms with E-state index in [2.05, 4.69) is 43.6 Å². The molecule has 6 heteroatoms. The van der Waals surface area contributed by atoms with Crippen LogP contribution in [0.15, 0.2) is 24.3 Å². The minimum absolute atomic E-state index is 0. The molecule has 0 unspecified atom stereocenters. The number of carbonyl (C=O) groups excluding carboxylic acids is 1. The maximum atomic E-state index is 13.3. The van der Waals surface area contributed by atoms with E-state index in [1.807, 2.05) is 23.1 Å². The number of hydrogen-bond donors (Lipinski definition) is 0. The van der Waals surface area contributed by atoms with E-state index < -0.39 is 0 Å². The Morgan fingerprint density at radius 1 is 1.15 bits per heavy atom. The fourth-order valence-electron chi connectivity index (χ4n) is 4.12. The van der Waals surface area contributed by atoms with Crippen molar-refractivity contribution in [3.8, 4) is 5.75 Å². The first-order valence-electron chi connectivity index (χ1n) is 9.51. The van der Waals surface area contributed by atoms with Crippen molar-refractivity contribution in [2.24, 2.45) is 0 Å². The lowest BCUT2D eigenvalue weighted by molar-refractivity contribution is -0.121. The fourth-order valence-corrected chi connectivity index (χ4v) is 4.12. The van der Waals surface area contributed by atoms with Gasteiger partial charge in [0.1, 0.15) is 5.75 Å². The monoisotopic (exact) mass is 393 g/mol. The molecule has 0 saturated carbocycles. The molecule has 1 aromatic rings. The van der Waals surface area contributed by atoms with Crippen molar-refractivity contribution >= 4 is 29.6 Å². The highest BCUT2D eigenvalue weighted by Crippen LogP contribution is 2.40. The molecule has 150 valence electrons. The molecule has 0 aromatic heterocycles. The molecule has 2 aliphatic heterocycles. The number of ether oxygens (including phenoxy) is 1. The molecule has 1 aromatic carbocycles. The average Bonchev–Trinajstić information content (AvgIpc) is 2.61. The minimum atomic E-state index is -0.339. The normalized spacial score (nSPS) is 19.7. The number of methoxy groups -OCH3 is 1. The van der Waals surface area contributed by atoms with Gasteiger partial charge < -0.3 is 14.5 Å². The number of likely N-dealkylation sites (N-methyl/N-ethyl adjacent to an activating group) is 1. The molecule has 1 amide bonds. The van der Waals surface area contributed by atoms with Gasteiger partial charge in [0.15, 0.2) is 0 Å². The Hall–Kier alpha value is -1.56. The zero-order chi connectivity index (χ0) is 18.9. The number of nitrogens with zero attached hydrogens (tertiary/aromatic N) is 3. The van der Waals surface area contributed by atoms with E-state index in [0.29, 0.717) is 6.54 Å². The van der Waals surface area contributed by atoms with Crippen molar-refractivity contribution in [2.45, 2.75) is 33.2 Å². The highest BCUT2D eigenvalue weighted by molar-refractivity contribution is 6.01. The van der Waals surface area contributed by atoms with Crippen molar-refractivity contribution in [2.75, 3.05) is 51.3 Å². The van der Waals surface area contributed by atoms with Crippen LogP contribution in [0.4, 0.5) is 5.69 Å². The number of hydrogen-bond acceptors (Lipinski definition) is 4. The molecule has 0 bridgehead atoms. The number of allylic oxidation sites excluding steroid dienone is 1. The van der Waals surface area contributed by atoms with Gasteiger partial charge in [0.05, 0.1) is 24.9 Å². The number of amides is 1. The second kappa shape index (κ2) is 8.63. The van der Waals surface area contributed by atoms with Gasteiger partial charge >= 0.3 is 0 Å². The number of benzene rings is 1. The summed E-state index contributed by atoms with van der Waals surface area (Å²) in [5.74, 6) is 0.981. The molecular formula is C21H32ClN3O2. The summed E-state index contributed by atoms with van der Waals surface area (Å²) in [7, 11) is 1.67. The molecular weight excluding hydrogens is 362 g/mol. The Labute approximate surface area is 169 Å². The first-order valence-corrected chi connectivity index (χ1v) is 9.51. The van der Waals surface area contributed by atoms with Crippen LogP contribution in [-0.2, 0) is 4.79 Å². The van der Waals surface area contributed by atoms with Gasteiger partial charge in [-0.05, 0) is 51.1 Å². The van der Waals surface area contributed by atoms with E-state index in [4.69, 9.17) is 4.74 Å². The van der Waals surface area contributed by atoms with Crippen LogP contribution in [0, 0.1) is 0 Å². The first kappa shape index (κ1) is 21.7. The van der Waals surface area contributed by atoms with Gasteiger partial charge in [-0.25, -0.2) is 0 Å². The van der Waals surface area contributed by atoms with Crippen LogP contribution in [0.25, 0.3) is 5.57 Å². The van der Waals surface area contributed by atoms with Crippen LogP contribution in [0.1, 0.15) is 33.3 Å². The van der Waals surface area contributed by atoms with Gasteiger partial charge in [0.25, 0.3) is 0 Å². The van der Waals surface area contributed by atoms with Gasteiger partial charge in [-0.1, -0.05) is 13.0 Å². The second-order valence-electron chi connectivity index (χ2n) is 7.80. The predicted molar refractivity (Wildman–Crippen MR) is 114 cm³/mol. The third-order valence-electron chi connectivity index (χ3n) is 5.54. The Kier molecular flexibility index (Phi) is 6.95. The van der Waals surface area contributed by atoms with E-state index in [9.17, 15) is 4.79 Å². The molecule has 5 nitrogen and oxygen atoms in total. The Morgan fingerprint density at radius 2 is 1.78 bits per heavy atom. The summed E-state index contributed by atoms with van der Waals surface area (Å²) in [6.07, 6.45) is 2.18. The molecule has 2 heterocycles. The van der Waals surface area contributed by atoms with Crippen LogP contribution in [-0.4, -0.2) is 67.6 Å². The SMILES string of the molecule is CCN1CCN(CC(=O)N2c3ccc(OC)cc3C(C)=CC2(C)C)CC1.Cl. The quantitative estimate of drug-likeness (QED) is 0.786. The molecule has 0 radical (unpaired) electrons. The highest BCUT2D eigenvalue weighted by Gasteiger charge is 2.36. The van der Waals surface area contributed by atoms with Gasteiger partial charge in [-0.3, -0.25) is 9.69 Å². The molecule has 0 atom stereocenters. The van der Waals surface area contributed by atoms with Crippen LogP contribution in [0.2, 0.25) is 0 Å². The largest absolute Gasteiger partial charge is 0.497 e. The lowest BCUT2D eigenvalue weighted by atomic mass is 9.88. The predicted octanol–water partition coefficient (Wildman–Crippen LogP) is 3.28. The summed E-state index contributed by atoms with van der Waals surface area (Å²) in [6, 6.07) is 5.98. The van der Waals surface area contributed by atoms with Crippen LogP contribution in [0.5, 0.6) is 5.75 Å². The first-order chi connectivity index (χ1) is 12.4. The minimum Gasteiger partial charge on any atom is -0.497 e. The van der Waals surface area contributed by atoms with Crippen LogP contribution < -0.4 is 9.64 Å². The second-order valence-corrected chi connectivity index (χ2v) is 7.80. The third kappa shape index (κ3) is 4.48. The van der Waals surface area contributed by atoms with Gasteiger partial charge in [-0.15, -0.1) is 12.4 Å². The van der Waals surface area contributed by atoms with Crippen molar-refractivity contribution in [1.29, 1.82) is 0 Å². The molecule has 3 rings (SSSR count). The van der Waals surface area contributed by atoms with E-state index in [1.165, 1.54) is 5.57 Å². The van der Waals surface area contributed by atoms with E-state index >= 15 is 0 Å². The lowest BCUT2D eigenvalue weighted by Gasteiger charge is -2.43. The summed E-state index contributed by atoms with van der Waals surface area (Å²) in [5.41, 5.74) is 2.90. The molecule has 0 N–H and O–H groups in total. The van der Waals surface area contributed by atoms with Crippen molar-refractivity contribution in [3.63, 3.8) is 0 Å². The van der Waals surface area contributed by atoms with Crippen LogP contribution >= 0.6 is 12.4 Å². The average molecular weight is 394 g/mol. The fraction of sp³-hybridized carbons (Fsp3) is 0.571. The highest BCUT2D eigenvalue weighted by atomic mass is 35.5. The third-order valence-corrected chi connectivity index (χ3v) is 5.54. The van der Waals surface area contributed by atoms with E-state index in [0.717, 1.165) is 49.7 Å². The Morgan fingerprint density at radius 3 is 2.37 bits per heavy atom. The van der Waals surface area contributed by atoms with E-state index in [-0.39, 0.29) is 23.9 Å². The van der Waals surface area contributed by atoms with Crippen LogP contribution in [0.3, 0.4) is 0 Å².